The van der Waals surface area contributed by atoms with Crippen molar-refractivity contribution in [1.29, 1.82) is 5.26 Å². The molecule has 0 spiro atoms. The number of nitriles is 1. The molecule has 0 radical (unpaired) electrons. The van der Waals surface area contributed by atoms with Crippen molar-refractivity contribution in [3.8, 4) is 6.07 Å². The number of primary amides is 1. The molecule has 3 unspecified atom stereocenters. The molecule has 4 heterocycles. The maximum absolute atomic E-state index is 13.2. The van der Waals surface area contributed by atoms with E-state index in [9.17, 15) is 27.6 Å². The number of halogens is 3. The van der Waals surface area contributed by atoms with Crippen LogP contribution in [0.2, 0.25) is 0 Å². The van der Waals surface area contributed by atoms with Crippen LogP contribution in [0, 0.1) is 23.2 Å². The first-order valence-corrected chi connectivity index (χ1v) is 11.4. The fourth-order valence-electron chi connectivity index (χ4n) is 5.40. The quantitative estimate of drug-likeness (QED) is 0.525. The van der Waals surface area contributed by atoms with Gasteiger partial charge in [0.25, 0.3) is 5.91 Å². The second kappa shape index (κ2) is 8.67. The lowest BCUT2D eigenvalue weighted by atomic mass is 9.69. The number of carbonyl (C=O) groups excluding carboxylic acids is 3. The Hall–Kier alpha value is -3.76. The zero-order valence-electron chi connectivity index (χ0n) is 20.1. The minimum Gasteiger partial charge on any atom is -0.387 e. The standard InChI is InChI=1S/C18H15F3N2O3.C6H9N3O2/c1-16-5-6-17(2,26-16)13-12(16)14(24)23(15(13)25)10-4-3-9(8-22)11(7-10)18(19,20)21;1-3(10)4-2-5(6(7)11)9-8-4/h3-4,7,12-13H,5-6H2,1-2H3;2-3,10H,1H3,(H2,7,11)(H,8,9)/t12-,13+,16?,17?;. The van der Waals surface area contributed by atoms with Gasteiger partial charge in [-0.05, 0) is 57.9 Å². The van der Waals surface area contributed by atoms with Gasteiger partial charge in [-0.1, -0.05) is 0 Å². The molecule has 0 aliphatic carbocycles. The number of nitrogens with one attached hydrogen (secondary N) is 1. The SMILES string of the molecule is CC(O)c1cc(C(N)=O)n[nH]1.CC12CCC(C)(O1)[C@H]1C(=O)N(c3ccc(C#N)c(C(F)(F)F)c3)C(=O)[C@H]12. The molecule has 4 N–H and O–H groups in total. The molecule has 1 aromatic heterocycles. The summed E-state index contributed by atoms with van der Waals surface area (Å²) in [6, 6.07) is 5.80. The first-order valence-electron chi connectivity index (χ1n) is 11.4. The van der Waals surface area contributed by atoms with Crippen molar-refractivity contribution in [3.05, 3.63) is 46.8 Å². The Balaban J connectivity index is 0.000000245. The van der Waals surface area contributed by atoms with Crippen LogP contribution >= 0.6 is 0 Å². The van der Waals surface area contributed by atoms with Gasteiger partial charge in [0.1, 0.15) is 5.69 Å². The number of carbonyl (C=O) groups is 3. The Bertz CT molecular complexity index is 1300. The Morgan fingerprint density at radius 2 is 1.81 bits per heavy atom. The number of nitrogens with two attached hydrogens (primary N) is 1. The summed E-state index contributed by atoms with van der Waals surface area (Å²) in [6.45, 7) is 5.12. The van der Waals surface area contributed by atoms with Crippen LogP contribution in [0.1, 0.15) is 67.0 Å². The number of anilines is 1. The molecule has 3 amide bonds. The summed E-state index contributed by atoms with van der Waals surface area (Å²) in [5, 5.41) is 24.0. The number of aromatic nitrogens is 2. The van der Waals surface area contributed by atoms with Gasteiger partial charge in [0.05, 0.1) is 57.7 Å². The van der Waals surface area contributed by atoms with Gasteiger partial charge in [-0.15, -0.1) is 0 Å². The highest BCUT2D eigenvalue weighted by molar-refractivity contribution is 6.23. The van der Waals surface area contributed by atoms with E-state index in [1.54, 1.807) is 20.8 Å². The molecule has 1 aromatic carbocycles. The van der Waals surface area contributed by atoms with Gasteiger partial charge in [0.15, 0.2) is 0 Å². The molecular formula is C24H24F3N5O5. The van der Waals surface area contributed by atoms with Crippen molar-refractivity contribution in [1.82, 2.24) is 10.2 Å². The normalized spacial score (nSPS) is 29.0. The number of hydrogen-bond donors (Lipinski definition) is 3. The van der Waals surface area contributed by atoms with E-state index in [1.165, 1.54) is 18.2 Å². The number of fused-ring (bicyclic) bond motifs is 5. The molecule has 196 valence electrons. The smallest absolute Gasteiger partial charge is 0.387 e. The number of ether oxygens (including phenoxy) is 1. The summed E-state index contributed by atoms with van der Waals surface area (Å²) in [7, 11) is 0. The Morgan fingerprint density at radius 3 is 2.22 bits per heavy atom. The maximum Gasteiger partial charge on any atom is 0.417 e. The topological polar surface area (TPSA) is 162 Å². The Kier molecular flexibility index (Phi) is 6.16. The van der Waals surface area contributed by atoms with Crippen LogP contribution in [0.5, 0.6) is 0 Å². The minimum absolute atomic E-state index is 0.140. The number of aromatic amines is 1. The molecule has 3 saturated heterocycles. The van der Waals surface area contributed by atoms with Crippen molar-refractivity contribution in [2.45, 2.75) is 57.1 Å². The molecule has 5 atom stereocenters. The van der Waals surface area contributed by atoms with Crippen LogP contribution in [0.15, 0.2) is 24.3 Å². The number of nitrogens with zero attached hydrogens (tertiary/aromatic N) is 3. The molecule has 37 heavy (non-hydrogen) atoms. The van der Waals surface area contributed by atoms with E-state index in [4.69, 9.17) is 20.8 Å². The van der Waals surface area contributed by atoms with Crippen LogP contribution in [0.4, 0.5) is 18.9 Å². The third-order valence-electron chi connectivity index (χ3n) is 7.19. The van der Waals surface area contributed by atoms with Crippen LogP contribution in [-0.2, 0) is 20.5 Å². The maximum atomic E-state index is 13.2. The van der Waals surface area contributed by atoms with E-state index < -0.39 is 64.2 Å². The van der Waals surface area contributed by atoms with E-state index in [0.717, 1.165) is 11.0 Å². The van der Waals surface area contributed by atoms with E-state index in [1.807, 2.05) is 0 Å². The van der Waals surface area contributed by atoms with E-state index in [2.05, 4.69) is 10.2 Å². The largest absolute Gasteiger partial charge is 0.417 e. The van der Waals surface area contributed by atoms with Crippen LogP contribution in [-0.4, -0.2) is 44.2 Å². The predicted octanol–water partition coefficient (Wildman–Crippen LogP) is 2.59. The summed E-state index contributed by atoms with van der Waals surface area (Å²) in [5.74, 6) is -3.07. The fraction of sp³-hybridized carbons (Fsp3) is 0.458. The third-order valence-corrected chi connectivity index (χ3v) is 7.19. The number of imide groups is 1. The number of H-pyrrole nitrogens is 1. The van der Waals surface area contributed by atoms with Crippen molar-refractivity contribution in [2.24, 2.45) is 17.6 Å². The highest BCUT2D eigenvalue weighted by Gasteiger charge is 2.72. The minimum atomic E-state index is -4.76. The number of rotatable bonds is 3. The lowest BCUT2D eigenvalue weighted by molar-refractivity contribution is -0.138. The van der Waals surface area contributed by atoms with Gasteiger partial charge in [-0.2, -0.15) is 23.5 Å². The highest BCUT2D eigenvalue weighted by atomic mass is 19.4. The van der Waals surface area contributed by atoms with E-state index >= 15 is 0 Å². The van der Waals surface area contributed by atoms with Crippen molar-refractivity contribution in [2.75, 3.05) is 4.90 Å². The Morgan fingerprint density at radius 1 is 1.24 bits per heavy atom. The lowest BCUT2D eigenvalue weighted by Crippen LogP contribution is -2.40. The van der Waals surface area contributed by atoms with Gasteiger partial charge >= 0.3 is 6.18 Å². The second-order valence-electron chi connectivity index (χ2n) is 9.78. The number of hydrogen-bond acceptors (Lipinski definition) is 7. The van der Waals surface area contributed by atoms with Crippen molar-refractivity contribution >= 4 is 23.4 Å². The van der Waals surface area contributed by atoms with Crippen LogP contribution in [0.25, 0.3) is 0 Å². The van der Waals surface area contributed by atoms with E-state index in [-0.39, 0.29) is 11.4 Å². The monoisotopic (exact) mass is 519 g/mol. The predicted molar refractivity (Wildman–Crippen MR) is 121 cm³/mol. The molecular weight excluding hydrogens is 495 g/mol. The third kappa shape index (κ3) is 4.25. The number of amides is 3. The zero-order valence-corrected chi connectivity index (χ0v) is 20.1. The average Bonchev–Trinajstić information content (AvgIpc) is 3.53. The van der Waals surface area contributed by atoms with Crippen LogP contribution < -0.4 is 10.6 Å². The highest BCUT2D eigenvalue weighted by Crippen LogP contribution is 2.61. The Labute approximate surface area is 209 Å². The molecule has 13 heteroatoms. The van der Waals surface area contributed by atoms with Gasteiger partial charge in [-0.25, -0.2) is 4.90 Å². The van der Waals surface area contributed by atoms with Crippen molar-refractivity contribution < 1.29 is 37.4 Å². The van der Waals surface area contributed by atoms with Gasteiger partial charge < -0.3 is 15.6 Å². The van der Waals surface area contributed by atoms with Gasteiger partial charge in [0.2, 0.25) is 11.8 Å². The first-order chi connectivity index (χ1) is 17.1. The molecule has 5 rings (SSSR count). The van der Waals surface area contributed by atoms with E-state index in [0.29, 0.717) is 24.6 Å². The number of aliphatic hydroxyl groups is 1. The fourth-order valence-corrected chi connectivity index (χ4v) is 5.40. The molecule has 3 aliphatic heterocycles. The molecule has 2 aromatic rings. The lowest BCUT2D eigenvalue weighted by Gasteiger charge is -2.27. The second-order valence-corrected chi connectivity index (χ2v) is 9.78. The zero-order chi connectivity index (χ0) is 27.5. The first kappa shape index (κ1) is 26.3. The number of alkyl halides is 3. The summed E-state index contributed by atoms with van der Waals surface area (Å²) in [6.07, 6.45) is -4.17. The molecule has 0 saturated carbocycles. The summed E-state index contributed by atoms with van der Waals surface area (Å²) >= 11 is 0. The number of benzene rings is 1. The molecule has 10 nitrogen and oxygen atoms in total. The summed E-state index contributed by atoms with van der Waals surface area (Å²) in [4.78, 5) is 37.2. The summed E-state index contributed by atoms with van der Waals surface area (Å²) in [5.41, 5.74) is 2.12. The van der Waals surface area contributed by atoms with Gasteiger partial charge in [-0.3, -0.25) is 19.5 Å². The van der Waals surface area contributed by atoms with Crippen molar-refractivity contribution in [3.63, 3.8) is 0 Å². The van der Waals surface area contributed by atoms with Crippen LogP contribution in [0.3, 0.4) is 0 Å². The number of aliphatic hydroxyl groups excluding tert-OH is 1. The molecule has 3 fully saturated rings. The van der Waals surface area contributed by atoms with Gasteiger partial charge in [0, 0.05) is 0 Å². The summed E-state index contributed by atoms with van der Waals surface area (Å²) < 4.78 is 45.6. The average molecular weight is 519 g/mol. The molecule has 3 aliphatic rings. The molecule has 2 bridgehead atoms.